The SMILES string of the molecule is Cc1cc(C)cc(COn2nnc3ccc(Cl)cc32)c1. The largest absolute Gasteiger partial charge is 0.390 e. The maximum atomic E-state index is 5.98. The maximum Gasteiger partial charge on any atom is 0.142 e. The van der Waals surface area contributed by atoms with Crippen LogP contribution in [-0.2, 0) is 6.61 Å². The normalized spacial score (nSPS) is 10.9. The number of hydrogen-bond acceptors (Lipinski definition) is 3. The molecule has 20 heavy (non-hydrogen) atoms. The number of rotatable bonds is 3. The van der Waals surface area contributed by atoms with Crippen molar-refractivity contribution in [2.45, 2.75) is 20.5 Å². The Hall–Kier alpha value is -2.07. The number of halogens is 1. The first-order valence-corrected chi connectivity index (χ1v) is 6.71. The van der Waals surface area contributed by atoms with Crippen LogP contribution in [0.1, 0.15) is 16.7 Å². The number of hydrogen-bond donors (Lipinski definition) is 0. The van der Waals surface area contributed by atoms with E-state index in [9.17, 15) is 0 Å². The molecule has 0 fully saturated rings. The number of aromatic nitrogens is 3. The average molecular weight is 288 g/mol. The van der Waals surface area contributed by atoms with E-state index in [1.54, 1.807) is 12.1 Å². The Labute approximate surface area is 121 Å². The lowest BCUT2D eigenvalue weighted by Gasteiger charge is -2.07. The third-order valence-corrected chi connectivity index (χ3v) is 3.25. The lowest BCUT2D eigenvalue weighted by molar-refractivity contribution is 0.0751. The molecule has 0 aliphatic heterocycles. The van der Waals surface area contributed by atoms with Crippen molar-refractivity contribution in [2.75, 3.05) is 0 Å². The molecule has 0 N–H and O–H groups in total. The smallest absolute Gasteiger partial charge is 0.142 e. The van der Waals surface area contributed by atoms with Crippen LogP contribution in [0.4, 0.5) is 0 Å². The molecule has 0 atom stereocenters. The van der Waals surface area contributed by atoms with Crippen molar-refractivity contribution in [1.29, 1.82) is 0 Å². The van der Waals surface area contributed by atoms with Crippen LogP contribution in [0.2, 0.25) is 5.02 Å². The third-order valence-electron chi connectivity index (χ3n) is 3.01. The Kier molecular flexibility index (Phi) is 3.32. The summed E-state index contributed by atoms with van der Waals surface area (Å²) in [5, 5.41) is 8.65. The van der Waals surface area contributed by atoms with E-state index in [0.717, 1.165) is 16.6 Å². The van der Waals surface area contributed by atoms with Gasteiger partial charge in [0.1, 0.15) is 17.6 Å². The zero-order valence-electron chi connectivity index (χ0n) is 11.3. The monoisotopic (exact) mass is 287 g/mol. The summed E-state index contributed by atoms with van der Waals surface area (Å²) >= 11 is 5.98. The fraction of sp³-hybridized carbons (Fsp3) is 0.200. The molecule has 3 rings (SSSR count). The Morgan fingerprint density at radius 3 is 2.60 bits per heavy atom. The first kappa shape index (κ1) is 12.9. The van der Waals surface area contributed by atoms with Gasteiger partial charge in [0.2, 0.25) is 0 Å². The standard InChI is InChI=1S/C15H14ClN3O/c1-10-5-11(2)7-12(6-10)9-20-19-15-8-13(16)3-4-14(15)17-18-19/h3-8H,9H2,1-2H3. The quantitative estimate of drug-likeness (QED) is 0.742. The number of fused-ring (bicyclic) bond motifs is 1. The van der Waals surface area contributed by atoms with E-state index in [-0.39, 0.29) is 0 Å². The van der Waals surface area contributed by atoms with Crippen LogP contribution >= 0.6 is 11.6 Å². The van der Waals surface area contributed by atoms with Crippen LogP contribution in [0.15, 0.2) is 36.4 Å². The van der Waals surface area contributed by atoms with Gasteiger partial charge in [0.05, 0.1) is 0 Å². The minimum Gasteiger partial charge on any atom is -0.390 e. The molecule has 0 saturated carbocycles. The second-order valence-electron chi connectivity index (χ2n) is 4.86. The minimum atomic E-state index is 0.438. The molecule has 0 amide bonds. The molecule has 0 spiro atoms. The highest BCUT2D eigenvalue weighted by atomic mass is 35.5. The number of nitrogens with zero attached hydrogens (tertiary/aromatic N) is 3. The first-order valence-electron chi connectivity index (χ1n) is 6.33. The summed E-state index contributed by atoms with van der Waals surface area (Å²) in [6.07, 6.45) is 0. The van der Waals surface area contributed by atoms with Gasteiger partial charge in [-0.05, 0) is 42.8 Å². The van der Waals surface area contributed by atoms with Gasteiger partial charge in [-0.15, -0.1) is 5.10 Å². The Bertz CT molecular complexity index is 747. The number of aryl methyl sites for hydroxylation is 2. The highest BCUT2D eigenvalue weighted by Gasteiger charge is 2.06. The van der Waals surface area contributed by atoms with Gasteiger partial charge in [-0.25, -0.2) is 0 Å². The predicted octanol–water partition coefficient (Wildman–Crippen LogP) is 3.33. The summed E-state index contributed by atoms with van der Waals surface area (Å²) in [4.78, 5) is 7.11. The molecule has 1 aromatic heterocycles. The van der Waals surface area contributed by atoms with Gasteiger partial charge in [-0.1, -0.05) is 45.8 Å². The topological polar surface area (TPSA) is 39.9 Å². The summed E-state index contributed by atoms with van der Waals surface area (Å²) in [6, 6.07) is 11.7. The van der Waals surface area contributed by atoms with Crippen molar-refractivity contribution in [1.82, 2.24) is 15.2 Å². The van der Waals surface area contributed by atoms with Gasteiger partial charge in [-0.3, -0.25) is 0 Å². The number of benzene rings is 2. The van der Waals surface area contributed by atoms with Crippen LogP contribution in [0.3, 0.4) is 0 Å². The fourth-order valence-corrected chi connectivity index (χ4v) is 2.42. The summed E-state index contributed by atoms with van der Waals surface area (Å²) in [5.74, 6) is 0. The Morgan fingerprint density at radius 2 is 1.85 bits per heavy atom. The first-order chi connectivity index (χ1) is 9.61. The maximum absolute atomic E-state index is 5.98. The summed E-state index contributed by atoms with van der Waals surface area (Å²) in [5.41, 5.74) is 5.06. The highest BCUT2D eigenvalue weighted by Crippen LogP contribution is 2.17. The lowest BCUT2D eigenvalue weighted by atomic mass is 10.1. The van der Waals surface area contributed by atoms with Crippen molar-refractivity contribution < 1.29 is 4.84 Å². The van der Waals surface area contributed by atoms with E-state index in [1.807, 2.05) is 6.07 Å². The molecule has 0 unspecified atom stereocenters. The van der Waals surface area contributed by atoms with Gasteiger partial charge in [0.25, 0.3) is 0 Å². The summed E-state index contributed by atoms with van der Waals surface area (Å²) in [7, 11) is 0. The molecular weight excluding hydrogens is 274 g/mol. The molecule has 0 bridgehead atoms. The van der Waals surface area contributed by atoms with Crippen molar-refractivity contribution >= 4 is 22.6 Å². The second-order valence-corrected chi connectivity index (χ2v) is 5.30. The summed E-state index contributed by atoms with van der Waals surface area (Å²) in [6.45, 7) is 4.58. The Balaban J connectivity index is 1.84. The zero-order valence-corrected chi connectivity index (χ0v) is 12.1. The van der Waals surface area contributed by atoms with Crippen LogP contribution in [0, 0.1) is 13.8 Å². The van der Waals surface area contributed by atoms with E-state index >= 15 is 0 Å². The predicted molar refractivity (Wildman–Crippen MR) is 78.7 cm³/mol. The average Bonchev–Trinajstić information content (AvgIpc) is 2.77. The molecule has 0 saturated heterocycles. The van der Waals surface area contributed by atoms with E-state index in [4.69, 9.17) is 16.4 Å². The van der Waals surface area contributed by atoms with Gasteiger partial charge in [0, 0.05) is 5.02 Å². The minimum absolute atomic E-state index is 0.438. The highest BCUT2D eigenvalue weighted by molar-refractivity contribution is 6.31. The van der Waals surface area contributed by atoms with Crippen LogP contribution in [0.25, 0.3) is 11.0 Å². The van der Waals surface area contributed by atoms with Gasteiger partial charge >= 0.3 is 0 Å². The molecule has 2 aromatic carbocycles. The third kappa shape index (κ3) is 2.60. The van der Waals surface area contributed by atoms with Crippen LogP contribution < -0.4 is 4.84 Å². The van der Waals surface area contributed by atoms with E-state index in [1.165, 1.54) is 16.0 Å². The zero-order chi connectivity index (χ0) is 14.1. The Morgan fingerprint density at radius 1 is 1.10 bits per heavy atom. The second kappa shape index (κ2) is 5.13. The van der Waals surface area contributed by atoms with Gasteiger partial charge in [-0.2, -0.15) is 0 Å². The molecule has 0 aliphatic carbocycles. The molecule has 102 valence electrons. The summed E-state index contributed by atoms with van der Waals surface area (Å²) < 4.78 is 0. The van der Waals surface area contributed by atoms with Gasteiger partial charge in [0.15, 0.2) is 0 Å². The van der Waals surface area contributed by atoms with Crippen molar-refractivity contribution in [3.8, 4) is 0 Å². The molecule has 1 heterocycles. The molecule has 4 nitrogen and oxygen atoms in total. The molecule has 5 heteroatoms. The fourth-order valence-electron chi connectivity index (χ4n) is 2.25. The lowest BCUT2D eigenvalue weighted by Crippen LogP contribution is -2.13. The van der Waals surface area contributed by atoms with Crippen molar-refractivity contribution in [3.05, 3.63) is 58.1 Å². The van der Waals surface area contributed by atoms with E-state index < -0.39 is 0 Å². The molecule has 3 aromatic rings. The van der Waals surface area contributed by atoms with Crippen LogP contribution in [0.5, 0.6) is 0 Å². The van der Waals surface area contributed by atoms with Crippen LogP contribution in [-0.4, -0.2) is 15.2 Å². The molecule has 0 radical (unpaired) electrons. The van der Waals surface area contributed by atoms with Crippen molar-refractivity contribution in [3.63, 3.8) is 0 Å². The molecule has 0 aliphatic rings. The molecular formula is C15H14ClN3O. The van der Waals surface area contributed by atoms with E-state index in [0.29, 0.717) is 11.6 Å². The van der Waals surface area contributed by atoms with E-state index in [2.05, 4.69) is 42.4 Å². The van der Waals surface area contributed by atoms with Gasteiger partial charge < -0.3 is 4.84 Å². The van der Waals surface area contributed by atoms with Crippen molar-refractivity contribution in [2.24, 2.45) is 0 Å².